The first-order chi connectivity index (χ1) is 10.6. The number of hydrogen-bond acceptors (Lipinski definition) is 4. The first-order valence-corrected chi connectivity index (χ1v) is 7.69. The number of hydrogen-bond donors (Lipinski definition) is 3. The van der Waals surface area contributed by atoms with Gasteiger partial charge in [0.15, 0.2) is 0 Å². The van der Waals surface area contributed by atoms with Crippen molar-refractivity contribution >= 4 is 17.7 Å². The second-order valence-corrected chi connectivity index (χ2v) is 6.49. The maximum absolute atomic E-state index is 11.8. The van der Waals surface area contributed by atoms with Crippen LogP contribution in [0.25, 0.3) is 0 Å². The van der Waals surface area contributed by atoms with Gasteiger partial charge in [-0.2, -0.15) is 0 Å². The molecular formula is C17H27N3O3. The number of carbonyl (C=O) groups excluding carboxylic acids is 2. The summed E-state index contributed by atoms with van der Waals surface area (Å²) < 4.78 is 5.20. The normalized spacial score (nSPS) is 12.3. The summed E-state index contributed by atoms with van der Waals surface area (Å²) in [5, 5.41) is 8.65. The van der Waals surface area contributed by atoms with Crippen molar-refractivity contribution < 1.29 is 14.3 Å². The zero-order valence-corrected chi connectivity index (χ0v) is 14.7. The van der Waals surface area contributed by atoms with Gasteiger partial charge in [0.05, 0.1) is 0 Å². The van der Waals surface area contributed by atoms with E-state index in [0.29, 0.717) is 12.1 Å². The summed E-state index contributed by atoms with van der Waals surface area (Å²) in [4.78, 5) is 23.5. The lowest BCUT2D eigenvalue weighted by Gasteiger charge is -2.22. The summed E-state index contributed by atoms with van der Waals surface area (Å²) in [6.07, 6.45) is -0.443. The highest BCUT2D eigenvalue weighted by atomic mass is 16.6. The summed E-state index contributed by atoms with van der Waals surface area (Å²) >= 11 is 0. The van der Waals surface area contributed by atoms with Gasteiger partial charge in [-0.3, -0.25) is 4.79 Å². The van der Waals surface area contributed by atoms with E-state index in [2.05, 4.69) is 16.0 Å². The molecule has 0 fully saturated rings. The monoisotopic (exact) mass is 321 g/mol. The summed E-state index contributed by atoms with van der Waals surface area (Å²) in [6.45, 7) is 9.72. The van der Waals surface area contributed by atoms with Crippen molar-refractivity contribution in [1.29, 1.82) is 0 Å². The van der Waals surface area contributed by atoms with Crippen LogP contribution in [0.2, 0.25) is 0 Å². The molecular weight excluding hydrogens is 294 g/mol. The lowest BCUT2D eigenvalue weighted by atomic mass is 10.1. The Balaban J connectivity index is 2.63. The minimum atomic E-state index is -0.515. The molecule has 3 N–H and O–H groups in total. The van der Waals surface area contributed by atoms with Crippen LogP contribution in [0.1, 0.15) is 43.6 Å². The zero-order valence-electron chi connectivity index (χ0n) is 14.7. The second kappa shape index (κ2) is 7.85. The molecule has 0 saturated carbocycles. The molecule has 0 bridgehead atoms. The SMILES string of the molecule is CNC(=O)c1cccc(NC(C)CNC(=O)OC(C)(C)C)c1C. The Bertz CT molecular complexity index is 565. The van der Waals surface area contributed by atoms with Crippen molar-refractivity contribution in [2.45, 2.75) is 46.3 Å². The van der Waals surface area contributed by atoms with E-state index in [1.54, 1.807) is 13.1 Å². The molecule has 6 heteroatoms. The van der Waals surface area contributed by atoms with Gasteiger partial charge in [-0.25, -0.2) is 4.79 Å². The number of carbonyl (C=O) groups is 2. The molecule has 1 aromatic carbocycles. The van der Waals surface area contributed by atoms with Gasteiger partial charge < -0.3 is 20.7 Å². The van der Waals surface area contributed by atoms with Gasteiger partial charge in [-0.15, -0.1) is 0 Å². The highest BCUT2D eigenvalue weighted by molar-refractivity contribution is 5.96. The van der Waals surface area contributed by atoms with Crippen LogP contribution in [0.15, 0.2) is 18.2 Å². The standard InChI is InChI=1S/C17H27N3O3/c1-11(10-19-16(22)23-17(3,4)5)20-14-9-7-8-13(12(14)2)15(21)18-6/h7-9,11,20H,10H2,1-6H3,(H,18,21)(H,19,22). The number of anilines is 1. The van der Waals surface area contributed by atoms with E-state index >= 15 is 0 Å². The first-order valence-electron chi connectivity index (χ1n) is 7.69. The predicted octanol–water partition coefficient (Wildman–Crippen LogP) is 2.68. The number of amides is 2. The van der Waals surface area contributed by atoms with Crippen LogP contribution in [0.5, 0.6) is 0 Å². The lowest BCUT2D eigenvalue weighted by Crippen LogP contribution is -2.38. The van der Waals surface area contributed by atoms with Crippen molar-refractivity contribution in [3.8, 4) is 0 Å². The minimum absolute atomic E-state index is 0.0128. The molecule has 0 radical (unpaired) electrons. The number of alkyl carbamates (subject to hydrolysis) is 1. The van der Waals surface area contributed by atoms with Crippen LogP contribution in [-0.2, 0) is 4.74 Å². The molecule has 0 saturated heterocycles. The molecule has 2 amide bonds. The molecule has 23 heavy (non-hydrogen) atoms. The van der Waals surface area contributed by atoms with Gasteiger partial charge in [0.2, 0.25) is 0 Å². The third kappa shape index (κ3) is 6.18. The molecule has 0 aliphatic heterocycles. The molecule has 0 heterocycles. The molecule has 1 rings (SSSR count). The average molecular weight is 321 g/mol. The minimum Gasteiger partial charge on any atom is -0.444 e. The fourth-order valence-corrected chi connectivity index (χ4v) is 2.04. The molecule has 1 atom stereocenters. The maximum Gasteiger partial charge on any atom is 0.407 e. The van der Waals surface area contributed by atoms with Crippen LogP contribution in [0, 0.1) is 6.92 Å². The Hall–Kier alpha value is -2.24. The molecule has 0 spiro atoms. The van der Waals surface area contributed by atoms with Crippen LogP contribution in [-0.4, -0.2) is 37.2 Å². The van der Waals surface area contributed by atoms with Crippen molar-refractivity contribution in [1.82, 2.24) is 10.6 Å². The average Bonchev–Trinajstić information content (AvgIpc) is 2.45. The van der Waals surface area contributed by atoms with E-state index in [0.717, 1.165) is 11.3 Å². The molecule has 128 valence electrons. The van der Waals surface area contributed by atoms with E-state index in [4.69, 9.17) is 4.74 Å². The third-order valence-electron chi connectivity index (χ3n) is 3.16. The van der Waals surface area contributed by atoms with Gasteiger partial charge in [0.1, 0.15) is 5.60 Å². The number of nitrogens with one attached hydrogen (secondary N) is 3. The van der Waals surface area contributed by atoms with E-state index in [9.17, 15) is 9.59 Å². The van der Waals surface area contributed by atoms with Crippen molar-refractivity contribution in [3.63, 3.8) is 0 Å². The Morgan fingerprint density at radius 2 is 1.91 bits per heavy atom. The van der Waals surface area contributed by atoms with Gasteiger partial charge in [-0.1, -0.05) is 6.07 Å². The number of benzene rings is 1. The van der Waals surface area contributed by atoms with E-state index in [1.165, 1.54) is 0 Å². The van der Waals surface area contributed by atoms with Crippen LogP contribution in [0.3, 0.4) is 0 Å². The Morgan fingerprint density at radius 3 is 2.48 bits per heavy atom. The van der Waals surface area contributed by atoms with E-state index in [1.807, 2.05) is 46.8 Å². The molecule has 1 unspecified atom stereocenters. The first kappa shape index (κ1) is 18.8. The van der Waals surface area contributed by atoms with Crippen molar-refractivity contribution in [2.75, 3.05) is 18.9 Å². The topological polar surface area (TPSA) is 79.5 Å². The van der Waals surface area contributed by atoms with Crippen LogP contribution < -0.4 is 16.0 Å². The number of ether oxygens (including phenoxy) is 1. The predicted molar refractivity (Wildman–Crippen MR) is 91.9 cm³/mol. The largest absolute Gasteiger partial charge is 0.444 e. The van der Waals surface area contributed by atoms with Crippen molar-refractivity contribution in [2.24, 2.45) is 0 Å². The lowest BCUT2D eigenvalue weighted by molar-refractivity contribution is 0.0526. The molecule has 1 aromatic rings. The fourth-order valence-electron chi connectivity index (χ4n) is 2.04. The highest BCUT2D eigenvalue weighted by Crippen LogP contribution is 2.19. The fraction of sp³-hybridized carbons (Fsp3) is 0.529. The summed E-state index contributed by atoms with van der Waals surface area (Å²) in [5.74, 6) is -0.120. The highest BCUT2D eigenvalue weighted by Gasteiger charge is 2.17. The van der Waals surface area contributed by atoms with E-state index in [-0.39, 0.29) is 11.9 Å². The molecule has 0 aromatic heterocycles. The summed E-state index contributed by atoms with van der Waals surface area (Å²) in [7, 11) is 1.61. The van der Waals surface area contributed by atoms with Crippen LogP contribution in [0.4, 0.5) is 10.5 Å². The smallest absolute Gasteiger partial charge is 0.407 e. The van der Waals surface area contributed by atoms with Crippen LogP contribution >= 0.6 is 0 Å². The van der Waals surface area contributed by atoms with Crippen molar-refractivity contribution in [3.05, 3.63) is 29.3 Å². The maximum atomic E-state index is 11.8. The van der Waals surface area contributed by atoms with Gasteiger partial charge in [0.25, 0.3) is 5.91 Å². The Labute approximate surface area is 138 Å². The third-order valence-corrected chi connectivity index (χ3v) is 3.16. The number of rotatable bonds is 5. The van der Waals surface area contributed by atoms with E-state index < -0.39 is 11.7 Å². The molecule has 6 nitrogen and oxygen atoms in total. The second-order valence-electron chi connectivity index (χ2n) is 6.49. The van der Waals surface area contributed by atoms with Gasteiger partial charge >= 0.3 is 6.09 Å². The van der Waals surface area contributed by atoms with Gasteiger partial charge in [0, 0.05) is 30.9 Å². The summed E-state index contributed by atoms with van der Waals surface area (Å²) in [6, 6.07) is 5.50. The molecule has 0 aliphatic rings. The summed E-state index contributed by atoms with van der Waals surface area (Å²) in [5.41, 5.74) is 1.85. The molecule has 0 aliphatic carbocycles. The zero-order chi connectivity index (χ0) is 17.6. The van der Waals surface area contributed by atoms with Gasteiger partial charge in [-0.05, 0) is 52.3 Å². The quantitative estimate of drug-likeness (QED) is 0.779. The Kier molecular flexibility index (Phi) is 6.42. The Morgan fingerprint density at radius 1 is 1.26 bits per heavy atom.